The highest BCUT2D eigenvalue weighted by atomic mass is 16.3. The SMILES string of the molecule is CC1C2CCC(O)CC2CCN1C(=O)/C(C#N)=C/C1(C)CC1. The van der Waals surface area contributed by atoms with Crippen molar-refractivity contribution in [1.29, 1.82) is 5.26 Å². The van der Waals surface area contributed by atoms with Crippen molar-refractivity contribution in [3.63, 3.8) is 0 Å². The van der Waals surface area contributed by atoms with Gasteiger partial charge in [-0.1, -0.05) is 13.0 Å². The molecule has 1 heterocycles. The van der Waals surface area contributed by atoms with Crippen LogP contribution >= 0.6 is 0 Å². The van der Waals surface area contributed by atoms with E-state index in [0.717, 1.165) is 38.5 Å². The van der Waals surface area contributed by atoms with E-state index >= 15 is 0 Å². The summed E-state index contributed by atoms with van der Waals surface area (Å²) in [4.78, 5) is 14.7. The number of carbonyl (C=O) groups is 1. The Labute approximate surface area is 132 Å². The molecule has 1 amide bonds. The zero-order chi connectivity index (χ0) is 15.9. The van der Waals surface area contributed by atoms with Crippen LogP contribution in [0.25, 0.3) is 0 Å². The van der Waals surface area contributed by atoms with Crippen LogP contribution in [-0.4, -0.2) is 34.6 Å². The first-order valence-electron chi connectivity index (χ1n) is 8.55. The Kier molecular flexibility index (Phi) is 4.03. The van der Waals surface area contributed by atoms with Gasteiger partial charge in [0.1, 0.15) is 11.6 Å². The molecule has 4 unspecified atom stereocenters. The van der Waals surface area contributed by atoms with Crippen molar-refractivity contribution in [2.24, 2.45) is 17.3 Å². The van der Waals surface area contributed by atoms with Crippen molar-refractivity contribution < 1.29 is 9.90 Å². The van der Waals surface area contributed by atoms with E-state index in [-0.39, 0.29) is 23.5 Å². The minimum atomic E-state index is -0.167. The summed E-state index contributed by atoms with van der Waals surface area (Å²) in [5.74, 6) is 0.906. The fourth-order valence-electron chi connectivity index (χ4n) is 4.24. The number of rotatable bonds is 2. The number of allylic oxidation sites excluding steroid dienone is 1. The average molecular weight is 302 g/mol. The minimum Gasteiger partial charge on any atom is -0.393 e. The van der Waals surface area contributed by atoms with E-state index in [1.54, 1.807) is 0 Å². The molecule has 2 saturated carbocycles. The third-order valence-corrected chi connectivity index (χ3v) is 6.01. The molecule has 0 spiro atoms. The molecule has 120 valence electrons. The van der Waals surface area contributed by atoms with Gasteiger partial charge in [0, 0.05) is 12.6 Å². The first-order chi connectivity index (χ1) is 10.4. The number of hydrogen-bond acceptors (Lipinski definition) is 3. The number of piperidine rings is 1. The molecular formula is C18H26N2O2. The monoisotopic (exact) mass is 302 g/mol. The van der Waals surface area contributed by atoms with Crippen LogP contribution in [0.3, 0.4) is 0 Å². The first-order valence-corrected chi connectivity index (χ1v) is 8.55. The summed E-state index contributed by atoms with van der Waals surface area (Å²) in [6.45, 7) is 4.93. The van der Waals surface area contributed by atoms with Gasteiger partial charge in [-0.05, 0) is 62.7 Å². The highest BCUT2D eigenvalue weighted by molar-refractivity contribution is 5.97. The second-order valence-electron chi connectivity index (χ2n) is 7.74. The molecule has 1 N–H and O–H groups in total. The van der Waals surface area contributed by atoms with Gasteiger partial charge in [-0.2, -0.15) is 5.26 Å². The molecule has 3 fully saturated rings. The summed E-state index contributed by atoms with van der Waals surface area (Å²) in [5.41, 5.74) is 0.387. The van der Waals surface area contributed by atoms with Crippen LogP contribution in [0.1, 0.15) is 52.4 Å². The Morgan fingerprint density at radius 1 is 1.36 bits per heavy atom. The van der Waals surface area contributed by atoms with E-state index in [0.29, 0.717) is 24.0 Å². The molecule has 3 rings (SSSR count). The lowest BCUT2D eigenvalue weighted by Gasteiger charge is -2.47. The molecule has 0 aromatic heterocycles. The lowest BCUT2D eigenvalue weighted by atomic mass is 9.70. The zero-order valence-electron chi connectivity index (χ0n) is 13.6. The zero-order valence-corrected chi connectivity index (χ0v) is 13.6. The quantitative estimate of drug-likeness (QED) is 0.630. The Bertz CT molecular complexity index is 530. The van der Waals surface area contributed by atoms with E-state index in [1.807, 2.05) is 11.0 Å². The summed E-state index contributed by atoms with van der Waals surface area (Å²) in [7, 11) is 0. The van der Waals surface area contributed by atoms with Crippen LogP contribution in [0.2, 0.25) is 0 Å². The van der Waals surface area contributed by atoms with Gasteiger partial charge in [0.15, 0.2) is 0 Å². The number of fused-ring (bicyclic) bond motifs is 1. The first kappa shape index (κ1) is 15.6. The maximum Gasteiger partial charge on any atom is 0.264 e. The van der Waals surface area contributed by atoms with Crippen LogP contribution in [0, 0.1) is 28.6 Å². The Balaban J connectivity index is 1.73. The Morgan fingerprint density at radius 2 is 2.09 bits per heavy atom. The van der Waals surface area contributed by atoms with E-state index in [9.17, 15) is 15.2 Å². The van der Waals surface area contributed by atoms with Gasteiger partial charge in [0.2, 0.25) is 0 Å². The van der Waals surface area contributed by atoms with E-state index < -0.39 is 0 Å². The molecule has 1 saturated heterocycles. The lowest BCUT2D eigenvalue weighted by Crippen LogP contribution is -2.52. The molecule has 4 nitrogen and oxygen atoms in total. The summed E-state index contributed by atoms with van der Waals surface area (Å²) in [6.07, 6.45) is 7.52. The van der Waals surface area contributed by atoms with Crippen molar-refractivity contribution in [3.8, 4) is 6.07 Å². The maximum atomic E-state index is 12.8. The number of aliphatic hydroxyl groups is 1. The number of carbonyl (C=O) groups excluding carboxylic acids is 1. The van der Waals surface area contributed by atoms with Gasteiger partial charge in [0.25, 0.3) is 5.91 Å². The number of hydrogen-bond donors (Lipinski definition) is 1. The Hall–Kier alpha value is -1.34. The van der Waals surface area contributed by atoms with Crippen molar-refractivity contribution in [1.82, 2.24) is 4.90 Å². The van der Waals surface area contributed by atoms with E-state index in [1.165, 1.54) is 0 Å². The molecule has 4 heteroatoms. The van der Waals surface area contributed by atoms with Crippen molar-refractivity contribution in [2.45, 2.75) is 64.5 Å². The van der Waals surface area contributed by atoms with Crippen LogP contribution in [0.4, 0.5) is 0 Å². The summed E-state index contributed by atoms with van der Waals surface area (Å²) in [6, 6.07) is 2.29. The number of nitriles is 1. The molecule has 1 aliphatic heterocycles. The molecule has 22 heavy (non-hydrogen) atoms. The highest BCUT2D eigenvalue weighted by Gasteiger charge is 2.42. The highest BCUT2D eigenvalue weighted by Crippen LogP contribution is 2.47. The molecule has 2 aliphatic carbocycles. The maximum absolute atomic E-state index is 12.8. The second kappa shape index (κ2) is 5.70. The van der Waals surface area contributed by atoms with Crippen LogP contribution in [-0.2, 0) is 4.79 Å². The van der Waals surface area contributed by atoms with Gasteiger partial charge < -0.3 is 10.0 Å². The van der Waals surface area contributed by atoms with Gasteiger partial charge in [-0.3, -0.25) is 4.79 Å². The largest absolute Gasteiger partial charge is 0.393 e. The number of likely N-dealkylation sites (tertiary alicyclic amines) is 1. The smallest absolute Gasteiger partial charge is 0.264 e. The number of amides is 1. The minimum absolute atomic E-state index is 0.0667. The summed E-state index contributed by atoms with van der Waals surface area (Å²) in [5, 5.41) is 19.2. The predicted molar refractivity (Wildman–Crippen MR) is 83.7 cm³/mol. The fraction of sp³-hybridized carbons (Fsp3) is 0.778. The molecule has 0 aromatic carbocycles. The van der Waals surface area contributed by atoms with Gasteiger partial charge in [0.05, 0.1) is 6.10 Å². The predicted octanol–water partition coefficient (Wildman–Crippen LogP) is 2.63. The molecule has 0 radical (unpaired) electrons. The van der Waals surface area contributed by atoms with Crippen molar-refractivity contribution in [2.75, 3.05) is 6.54 Å². The van der Waals surface area contributed by atoms with Crippen LogP contribution < -0.4 is 0 Å². The summed E-state index contributed by atoms with van der Waals surface area (Å²) >= 11 is 0. The fourth-order valence-corrected chi connectivity index (χ4v) is 4.24. The van der Waals surface area contributed by atoms with E-state index in [2.05, 4.69) is 19.9 Å². The third kappa shape index (κ3) is 2.92. The van der Waals surface area contributed by atoms with Gasteiger partial charge >= 0.3 is 0 Å². The second-order valence-corrected chi connectivity index (χ2v) is 7.74. The standard InChI is InChI=1S/C18H26N2O2/c1-12-16-4-3-15(21)9-13(16)5-8-20(12)17(22)14(11-19)10-18(2)6-7-18/h10,12-13,15-16,21H,3-9H2,1-2H3/b14-10+. The van der Waals surface area contributed by atoms with E-state index in [4.69, 9.17) is 0 Å². The van der Waals surface area contributed by atoms with Crippen molar-refractivity contribution >= 4 is 5.91 Å². The molecule has 0 aromatic rings. The summed E-state index contributed by atoms with van der Waals surface area (Å²) < 4.78 is 0. The van der Waals surface area contributed by atoms with Crippen molar-refractivity contribution in [3.05, 3.63) is 11.6 Å². The molecule has 3 aliphatic rings. The van der Waals surface area contributed by atoms with Crippen LogP contribution in [0.15, 0.2) is 11.6 Å². The normalized spacial score (nSPS) is 37.2. The van der Waals surface area contributed by atoms with Gasteiger partial charge in [-0.25, -0.2) is 0 Å². The molecular weight excluding hydrogens is 276 g/mol. The number of aliphatic hydroxyl groups excluding tert-OH is 1. The van der Waals surface area contributed by atoms with Gasteiger partial charge in [-0.15, -0.1) is 0 Å². The third-order valence-electron chi connectivity index (χ3n) is 6.01. The lowest BCUT2D eigenvalue weighted by molar-refractivity contribution is -0.134. The molecule has 4 atom stereocenters. The average Bonchev–Trinajstić information content (AvgIpc) is 3.22. The topological polar surface area (TPSA) is 64.3 Å². The number of nitrogens with zero attached hydrogens (tertiary/aromatic N) is 2. The van der Waals surface area contributed by atoms with Crippen LogP contribution in [0.5, 0.6) is 0 Å². The Morgan fingerprint density at radius 3 is 2.73 bits per heavy atom. The molecule has 0 bridgehead atoms.